The van der Waals surface area contributed by atoms with Crippen LogP contribution in [0, 0.1) is 5.82 Å². The Balaban J connectivity index is 2.30. The van der Waals surface area contributed by atoms with E-state index < -0.39 is 5.82 Å². The van der Waals surface area contributed by atoms with E-state index in [2.05, 4.69) is 15.9 Å². The molecule has 0 spiro atoms. The molecule has 0 saturated carbocycles. The summed E-state index contributed by atoms with van der Waals surface area (Å²) in [4.78, 5) is 12.2. The molecule has 0 aliphatic rings. The summed E-state index contributed by atoms with van der Waals surface area (Å²) in [5.74, 6) is -0.675. The fourth-order valence-electron chi connectivity index (χ4n) is 1.66. The molecule has 98 valence electrons. The van der Waals surface area contributed by atoms with Crippen molar-refractivity contribution in [2.45, 2.75) is 6.42 Å². The van der Waals surface area contributed by atoms with Gasteiger partial charge in [-0.05, 0) is 42.0 Å². The Morgan fingerprint density at radius 3 is 2.47 bits per heavy atom. The highest BCUT2D eigenvalue weighted by Gasteiger charge is 2.14. The second-order valence-electron chi connectivity index (χ2n) is 3.96. The first-order valence-electron chi connectivity index (χ1n) is 5.39. The van der Waals surface area contributed by atoms with Gasteiger partial charge in [0, 0.05) is 26.5 Å². The van der Waals surface area contributed by atoms with Gasteiger partial charge < -0.3 is 0 Å². The SMILES string of the molecule is O=C(Cc1cc(Cl)ccc1F)c1cc(Cl)ccc1Br. The molecule has 0 N–H and O–H groups in total. The minimum absolute atomic E-state index is 0.0642. The third kappa shape index (κ3) is 3.56. The molecule has 2 aromatic rings. The van der Waals surface area contributed by atoms with Crippen LogP contribution in [0.3, 0.4) is 0 Å². The lowest BCUT2D eigenvalue weighted by Gasteiger charge is -2.06. The van der Waals surface area contributed by atoms with Gasteiger partial charge in [-0.3, -0.25) is 4.79 Å². The molecule has 5 heteroatoms. The van der Waals surface area contributed by atoms with E-state index in [0.29, 0.717) is 20.1 Å². The van der Waals surface area contributed by atoms with Crippen molar-refractivity contribution in [2.75, 3.05) is 0 Å². The highest BCUT2D eigenvalue weighted by molar-refractivity contribution is 9.10. The first kappa shape index (κ1) is 14.5. The molecule has 0 unspecified atom stereocenters. The molecule has 0 aromatic heterocycles. The van der Waals surface area contributed by atoms with Crippen molar-refractivity contribution in [3.63, 3.8) is 0 Å². The van der Waals surface area contributed by atoms with Crippen LogP contribution < -0.4 is 0 Å². The minimum atomic E-state index is -0.448. The molecule has 1 nitrogen and oxygen atoms in total. The number of hydrogen-bond donors (Lipinski definition) is 0. The first-order valence-corrected chi connectivity index (χ1v) is 6.94. The summed E-state index contributed by atoms with van der Waals surface area (Å²) in [6, 6.07) is 9.05. The van der Waals surface area contributed by atoms with Crippen molar-refractivity contribution in [1.82, 2.24) is 0 Å². The van der Waals surface area contributed by atoms with Crippen LogP contribution in [0.15, 0.2) is 40.9 Å². The van der Waals surface area contributed by atoms with E-state index in [4.69, 9.17) is 23.2 Å². The van der Waals surface area contributed by atoms with Gasteiger partial charge in [0.15, 0.2) is 5.78 Å². The van der Waals surface area contributed by atoms with Gasteiger partial charge in [0.25, 0.3) is 0 Å². The Hall–Kier alpha value is -0.900. The number of halogens is 4. The zero-order valence-corrected chi connectivity index (χ0v) is 12.7. The van der Waals surface area contributed by atoms with Crippen molar-refractivity contribution in [3.8, 4) is 0 Å². The van der Waals surface area contributed by atoms with Crippen LogP contribution in [-0.2, 0) is 6.42 Å². The van der Waals surface area contributed by atoms with Gasteiger partial charge in [0.1, 0.15) is 5.82 Å². The minimum Gasteiger partial charge on any atom is -0.294 e. The smallest absolute Gasteiger partial charge is 0.168 e. The molecule has 0 bridgehead atoms. The number of carbonyl (C=O) groups excluding carboxylic acids is 1. The fourth-order valence-corrected chi connectivity index (χ4v) is 2.49. The largest absolute Gasteiger partial charge is 0.294 e. The monoisotopic (exact) mass is 360 g/mol. The van der Waals surface area contributed by atoms with Crippen molar-refractivity contribution >= 4 is 44.9 Å². The van der Waals surface area contributed by atoms with Crippen LogP contribution in [0.4, 0.5) is 4.39 Å². The van der Waals surface area contributed by atoms with E-state index in [1.165, 1.54) is 18.2 Å². The fraction of sp³-hybridized carbons (Fsp3) is 0.0714. The number of benzene rings is 2. The molecule has 0 radical (unpaired) electrons. The van der Waals surface area contributed by atoms with Gasteiger partial charge in [-0.2, -0.15) is 0 Å². The lowest BCUT2D eigenvalue weighted by Crippen LogP contribution is -2.06. The van der Waals surface area contributed by atoms with Crippen molar-refractivity contribution in [3.05, 3.63) is 67.9 Å². The number of ketones is 1. The van der Waals surface area contributed by atoms with E-state index in [-0.39, 0.29) is 17.8 Å². The van der Waals surface area contributed by atoms with Gasteiger partial charge in [0.2, 0.25) is 0 Å². The zero-order chi connectivity index (χ0) is 14.0. The van der Waals surface area contributed by atoms with Crippen LogP contribution in [0.2, 0.25) is 10.0 Å². The standard InChI is InChI=1S/C14H8BrCl2FO/c15-12-3-1-10(17)7-11(12)14(19)6-8-5-9(16)2-4-13(8)18/h1-5,7H,6H2. The van der Waals surface area contributed by atoms with E-state index in [9.17, 15) is 9.18 Å². The molecular weight excluding hydrogens is 354 g/mol. The van der Waals surface area contributed by atoms with Crippen molar-refractivity contribution in [1.29, 1.82) is 0 Å². The van der Waals surface area contributed by atoms with Gasteiger partial charge in [-0.25, -0.2) is 4.39 Å². The molecule has 0 heterocycles. The van der Waals surface area contributed by atoms with Crippen molar-refractivity contribution in [2.24, 2.45) is 0 Å². The third-order valence-electron chi connectivity index (χ3n) is 2.59. The van der Waals surface area contributed by atoms with Gasteiger partial charge in [0.05, 0.1) is 0 Å². The number of carbonyl (C=O) groups is 1. The van der Waals surface area contributed by atoms with E-state index in [1.54, 1.807) is 18.2 Å². The second-order valence-corrected chi connectivity index (χ2v) is 5.69. The Kier molecular flexibility index (Phi) is 4.61. The normalized spacial score (nSPS) is 10.5. The average Bonchev–Trinajstić information content (AvgIpc) is 2.36. The predicted octanol–water partition coefficient (Wildman–Crippen LogP) is 5.32. The quantitative estimate of drug-likeness (QED) is 0.676. The number of rotatable bonds is 3. The average molecular weight is 362 g/mol. The topological polar surface area (TPSA) is 17.1 Å². The second kappa shape index (κ2) is 6.04. The Morgan fingerprint density at radius 1 is 1.11 bits per heavy atom. The van der Waals surface area contributed by atoms with Crippen molar-refractivity contribution < 1.29 is 9.18 Å². The van der Waals surface area contributed by atoms with Gasteiger partial charge in [-0.1, -0.05) is 39.1 Å². The van der Waals surface area contributed by atoms with Crippen LogP contribution in [-0.4, -0.2) is 5.78 Å². The highest BCUT2D eigenvalue weighted by Crippen LogP contribution is 2.24. The molecule has 0 atom stereocenters. The molecule has 2 aromatic carbocycles. The Labute approximate surface area is 128 Å². The summed E-state index contributed by atoms with van der Waals surface area (Å²) < 4.78 is 14.2. The van der Waals surface area contributed by atoms with E-state index >= 15 is 0 Å². The van der Waals surface area contributed by atoms with Crippen LogP contribution >= 0.6 is 39.1 Å². The highest BCUT2D eigenvalue weighted by atomic mass is 79.9. The Bertz CT molecular complexity index is 643. The lowest BCUT2D eigenvalue weighted by molar-refractivity contribution is 0.0991. The number of hydrogen-bond acceptors (Lipinski definition) is 1. The summed E-state index contributed by atoms with van der Waals surface area (Å²) in [5.41, 5.74) is 0.691. The maximum absolute atomic E-state index is 13.6. The summed E-state index contributed by atoms with van der Waals surface area (Å²) in [6.45, 7) is 0. The molecule has 0 aliphatic carbocycles. The van der Waals surface area contributed by atoms with Crippen LogP contribution in [0.1, 0.15) is 15.9 Å². The maximum atomic E-state index is 13.6. The van der Waals surface area contributed by atoms with Crippen LogP contribution in [0.25, 0.3) is 0 Å². The summed E-state index contributed by atoms with van der Waals surface area (Å²) in [7, 11) is 0. The van der Waals surface area contributed by atoms with Crippen LogP contribution in [0.5, 0.6) is 0 Å². The third-order valence-corrected chi connectivity index (χ3v) is 3.75. The van der Waals surface area contributed by atoms with E-state index in [0.717, 1.165) is 0 Å². The van der Waals surface area contributed by atoms with Gasteiger partial charge in [-0.15, -0.1) is 0 Å². The molecule has 0 amide bonds. The lowest BCUT2D eigenvalue weighted by atomic mass is 10.0. The molecule has 0 fully saturated rings. The number of Topliss-reactive ketones (excluding diaryl/α,β-unsaturated/α-hetero) is 1. The molecular formula is C14H8BrCl2FO. The zero-order valence-electron chi connectivity index (χ0n) is 9.59. The Morgan fingerprint density at radius 2 is 1.74 bits per heavy atom. The molecule has 0 saturated heterocycles. The summed E-state index contributed by atoms with van der Waals surface area (Å²) in [6.07, 6.45) is -0.0642. The van der Waals surface area contributed by atoms with E-state index in [1.807, 2.05) is 0 Å². The van der Waals surface area contributed by atoms with Gasteiger partial charge >= 0.3 is 0 Å². The maximum Gasteiger partial charge on any atom is 0.168 e. The predicted molar refractivity (Wildman–Crippen MR) is 78.6 cm³/mol. The first-order chi connectivity index (χ1) is 8.97. The molecule has 0 aliphatic heterocycles. The summed E-state index contributed by atoms with van der Waals surface area (Å²) >= 11 is 14.9. The summed E-state index contributed by atoms with van der Waals surface area (Å²) in [5, 5.41) is 0.854. The molecule has 19 heavy (non-hydrogen) atoms. The molecule has 2 rings (SSSR count).